The van der Waals surface area contributed by atoms with Gasteiger partial charge in [0.05, 0.1) is 10.7 Å². The lowest BCUT2D eigenvalue weighted by Gasteiger charge is -2.14. The number of anilines is 1. The summed E-state index contributed by atoms with van der Waals surface area (Å²) in [5, 5.41) is 5.83. The van der Waals surface area contributed by atoms with Crippen LogP contribution in [-0.4, -0.2) is 32.8 Å². The zero-order valence-corrected chi connectivity index (χ0v) is 13.6. The van der Waals surface area contributed by atoms with E-state index in [2.05, 4.69) is 20.0 Å². The van der Waals surface area contributed by atoms with Gasteiger partial charge in [0.25, 0.3) is 5.56 Å². The Morgan fingerprint density at radius 3 is 2.70 bits per heavy atom. The van der Waals surface area contributed by atoms with Crippen molar-refractivity contribution in [2.45, 2.75) is 12.8 Å². The maximum atomic E-state index is 12.3. The molecule has 0 atom stereocenters. The Labute approximate surface area is 141 Å². The summed E-state index contributed by atoms with van der Waals surface area (Å²) in [7, 11) is 0. The van der Waals surface area contributed by atoms with Gasteiger partial charge in [-0.05, 0) is 31.0 Å². The minimum atomic E-state index is -0.201. The molecule has 0 bridgehead atoms. The summed E-state index contributed by atoms with van der Waals surface area (Å²) in [4.78, 5) is 21.7. The van der Waals surface area contributed by atoms with Gasteiger partial charge in [-0.3, -0.25) is 9.78 Å². The zero-order valence-electron chi connectivity index (χ0n) is 12.1. The minimum absolute atomic E-state index is 0.201. The van der Waals surface area contributed by atoms with Crippen LogP contribution in [0.5, 0.6) is 0 Å². The summed E-state index contributed by atoms with van der Waals surface area (Å²) in [6, 6.07) is 5.12. The number of rotatable bonds is 2. The molecule has 1 aliphatic heterocycles. The molecule has 0 saturated carbocycles. The molecule has 8 heteroatoms. The van der Waals surface area contributed by atoms with Crippen molar-refractivity contribution >= 4 is 40.2 Å². The van der Waals surface area contributed by atoms with E-state index >= 15 is 0 Å². The Balaban J connectivity index is 1.84. The summed E-state index contributed by atoms with van der Waals surface area (Å²) in [5.74, 6) is 0.576. The third-order valence-electron chi connectivity index (χ3n) is 3.94. The second kappa shape index (κ2) is 5.54. The van der Waals surface area contributed by atoms with Crippen molar-refractivity contribution in [3.8, 4) is 5.69 Å². The fourth-order valence-corrected chi connectivity index (χ4v) is 3.27. The highest BCUT2D eigenvalue weighted by molar-refractivity contribution is 6.35. The van der Waals surface area contributed by atoms with Gasteiger partial charge in [-0.25, -0.2) is 4.68 Å². The first-order valence-corrected chi connectivity index (χ1v) is 8.07. The van der Waals surface area contributed by atoms with Crippen LogP contribution in [0.2, 0.25) is 10.0 Å². The highest BCUT2D eigenvalue weighted by Gasteiger charge is 2.17. The summed E-state index contributed by atoms with van der Waals surface area (Å²) in [6.45, 7) is 1.80. The van der Waals surface area contributed by atoms with Gasteiger partial charge < -0.3 is 4.90 Å². The molecular formula is C15H13Cl2N5O. The summed E-state index contributed by atoms with van der Waals surface area (Å²) in [5.41, 5.74) is 0.853. The van der Waals surface area contributed by atoms with E-state index in [1.165, 1.54) is 0 Å². The smallest absolute Gasteiger partial charge is 0.263 e. The Morgan fingerprint density at radius 1 is 1.17 bits per heavy atom. The third-order valence-corrected chi connectivity index (χ3v) is 4.48. The van der Waals surface area contributed by atoms with Crippen LogP contribution in [0.1, 0.15) is 12.8 Å². The molecule has 0 aliphatic carbocycles. The van der Waals surface area contributed by atoms with Gasteiger partial charge in [-0.2, -0.15) is 4.98 Å². The Kier molecular flexibility index (Phi) is 3.50. The molecule has 4 rings (SSSR count). The van der Waals surface area contributed by atoms with E-state index in [1.807, 2.05) is 0 Å². The average molecular weight is 350 g/mol. The second-order valence-corrected chi connectivity index (χ2v) is 6.33. The van der Waals surface area contributed by atoms with Crippen molar-refractivity contribution < 1.29 is 0 Å². The first-order valence-electron chi connectivity index (χ1n) is 7.32. The topological polar surface area (TPSA) is 66.8 Å². The van der Waals surface area contributed by atoms with Crippen LogP contribution < -0.4 is 10.5 Å². The standard InChI is InChI=1S/C15H13Cl2N5O/c16-9-3-4-12(11(17)7-9)22-8-10-13(20-22)18-15(19-14(10)23)21-5-1-2-6-21/h3-4,7-8H,1-2,5-6H2,(H,18,19,20,23). The van der Waals surface area contributed by atoms with Gasteiger partial charge >= 0.3 is 0 Å². The summed E-state index contributed by atoms with van der Waals surface area (Å²) < 4.78 is 1.55. The van der Waals surface area contributed by atoms with Crippen LogP contribution in [0, 0.1) is 0 Å². The highest BCUT2D eigenvalue weighted by Crippen LogP contribution is 2.25. The molecule has 118 valence electrons. The van der Waals surface area contributed by atoms with Gasteiger partial charge in [0.2, 0.25) is 5.95 Å². The van der Waals surface area contributed by atoms with Crippen molar-refractivity contribution in [1.82, 2.24) is 19.7 Å². The van der Waals surface area contributed by atoms with Crippen molar-refractivity contribution in [1.29, 1.82) is 0 Å². The lowest BCUT2D eigenvalue weighted by atomic mass is 10.3. The molecule has 1 saturated heterocycles. The predicted molar refractivity (Wildman–Crippen MR) is 91.0 cm³/mol. The monoisotopic (exact) mass is 349 g/mol. The molecule has 0 unspecified atom stereocenters. The van der Waals surface area contributed by atoms with E-state index in [-0.39, 0.29) is 5.56 Å². The fraction of sp³-hybridized carbons (Fsp3) is 0.267. The van der Waals surface area contributed by atoms with E-state index in [4.69, 9.17) is 23.2 Å². The van der Waals surface area contributed by atoms with Crippen LogP contribution in [0.4, 0.5) is 5.95 Å². The van der Waals surface area contributed by atoms with Gasteiger partial charge in [0, 0.05) is 24.3 Å². The number of benzene rings is 1. The SMILES string of the molecule is O=c1[nH]c(N2CCCC2)nc2nn(-c3ccc(Cl)cc3Cl)cc12. The Morgan fingerprint density at radius 2 is 1.96 bits per heavy atom. The molecular weight excluding hydrogens is 337 g/mol. The van der Waals surface area contributed by atoms with Crippen LogP contribution in [0.3, 0.4) is 0 Å². The number of aromatic nitrogens is 4. The van der Waals surface area contributed by atoms with E-state index in [1.54, 1.807) is 29.1 Å². The number of aromatic amines is 1. The second-order valence-electron chi connectivity index (χ2n) is 5.49. The quantitative estimate of drug-likeness (QED) is 0.772. The fourth-order valence-electron chi connectivity index (χ4n) is 2.77. The molecule has 1 fully saturated rings. The number of halogens is 2. The number of nitrogens with zero attached hydrogens (tertiary/aromatic N) is 4. The normalized spacial score (nSPS) is 14.8. The van der Waals surface area contributed by atoms with Gasteiger partial charge in [0.15, 0.2) is 5.65 Å². The van der Waals surface area contributed by atoms with Gasteiger partial charge in [-0.15, -0.1) is 5.10 Å². The first kappa shape index (κ1) is 14.5. The maximum absolute atomic E-state index is 12.3. The van der Waals surface area contributed by atoms with Gasteiger partial charge in [0.1, 0.15) is 5.39 Å². The maximum Gasteiger partial charge on any atom is 0.263 e. The molecule has 0 amide bonds. The van der Waals surface area contributed by atoms with E-state index in [0.29, 0.717) is 32.7 Å². The van der Waals surface area contributed by atoms with Crippen LogP contribution >= 0.6 is 23.2 Å². The molecule has 6 nitrogen and oxygen atoms in total. The first-order chi connectivity index (χ1) is 11.1. The Bertz CT molecular complexity index is 943. The average Bonchev–Trinajstić information content (AvgIpc) is 3.16. The van der Waals surface area contributed by atoms with E-state index < -0.39 is 0 Å². The van der Waals surface area contributed by atoms with Crippen LogP contribution in [-0.2, 0) is 0 Å². The molecule has 23 heavy (non-hydrogen) atoms. The molecule has 3 heterocycles. The predicted octanol–water partition coefficient (Wildman–Crippen LogP) is 3.02. The van der Waals surface area contributed by atoms with Crippen molar-refractivity contribution in [3.05, 3.63) is 44.8 Å². The van der Waals surface area contributed by atoms with Crippen LogP contribution in [0.15, 0.2) is 29.2 Å². The molecule has 1 aromatic carbocycles. The van der Waals surface area contributed by atoms with Crippen LogP contribution in [0.25, 0.3) is 16.7 Å². The highest BCUT2D eigenvalue weighted by atomic mass is 35.5. The third kappa shape index (κ3) is 2.58. The number of hydrogen-bond donors (Lipinski definition) is 1. The van der Waals surface area contributed by atoms with E-state index in [9.17, 15) is 4.79 Å². The molecule has 0 radical (unpaired) electrons. The molecule has 1 N–H and O–H groups in total. The zero-order chi connectivity index (χ0) is 16.0. The van der Waals surface area contributed by atoms with Gasteiger partial charge in [-0.1, -0.05) is 23.2 Å². The Hall–Kier alpha value is -2.05. The number of nitrogens with one attached hydrogen (secondary N) is 1. The van der Waals surface area contributed by atoms with Crippen molar-refractivity contribution in [2.24, 2.45) is 0 Å². The summed E-state index contributed by atoms with van der Waals surface area (Å²) in [6.07, 6.45) is 3.84. The molecule has 0 spiro atoms. The number of H-pyrrole nitrogens is 1. The largest absolute Gasteiger partial charge is 0.342 e. The summed E-state index contributed by atoms with van der Waals surface area (Å²) >= 11 is 12.1. The molecule has 3 aromatic rings. The van der Waals surface area contributed by atoms with E-state index in [0.717, 1.165) is 25.9 Å². The molecule has 1 aliphatic rings. The number of fused-ring (bicyclic) bond motifs is 1. The minimum Gasteiger partial charge on any atom is -0.342 e. The van der Waals surface area contributed by atoms with Crippen molar-refractivity contribution in [2.75, 3.05) is 18.0 Å². The lowest BCUT2D eigenvalue weighted by molar-refractivity contribution is 0.875. The van der Waals surface area contributed by atoms with Crippen molar-refractivity contribution in [3.63, 3.8) is 0 Å². The molecule has 2 aromatic heterocycles. The lowest BCUT2D eigenvalue weighted by Crippen LogP contribution is -2.23. The number of hydrogen-bond acceptors (Lipinski definition) is 4.